The van der Waals surface area contributed by atoms with Crippen molar-refractivity contribution in [3.8, 4) is 0 Å². The highest BCUT2D eigenvalue weighted by molar-refractivity contribution is 5.23. The van der Waals surface area contributed by atoms with E-state index in [0.29, 0.717) is 5.92 Å². The maximum Gasteiger partial charge on any atom is 0.0858 e. The highest BCUT2D eigenvalue weighted by Crippen LogP contribution is 2.54. The molecule has 122 valence electrons. The number of hydrogen-bond donors (Lipinski definition) is 2. The van der Waals surface area contributed by atoms with Gasteiger partial charge in [-0.15, -0.1) is 0 Å². The zero-order valence-corrected chi connectivity index (χ0v) is 13.9. The lowest BCUT2D eigenvalue weighted by Crippen LogP contribution is -2.34. The molecule has 23 heavy (non-hydrogen) atoms. The largest absolute Gasteiger partial charge is 0.388 e. The summed E-state index contributed by atoms with van der Waals surface area (Å²) in [7, 11) is 0. The molecule has 1 fully saturated rings. The summed E-state index contributed by atoms with van der Waals surface area (Å²) in [5.41, 5.74) is 2.22. The lowest BCUT2D eigenvalue weighted by molar-refractivity contribution is 0.0885. The standard InChI is InChI=1S/C20H26N2O/c1-15(2)18(17-9-6-12-21-13-17)22-14-20(10-11-20)19(23)16-7-4-3-5-8-16/h3-9,12-13,15,18-19,22-23H,10-11,14H2,1-2H3. The van der Waals surface area contributed by atoms with Crippen molar-refractivity contribution in [2.75, 3.05) is 6.54 Å². The van der Waals surface area contributed by atoms with Gasteiger partial charge in [0.1, 0.15) is 0 Å². The lowest BCUT2D eigenvalue weighted by Gasteiger charge is -2.28. The number of pyridine rings is 1. The van der Waals surface area contributed by atoms with Crippen LogP contribution in [0, 0.1) is 11.3 Å². The summed E-state index contributed by atoms with van der Waals surface area (Å²) >= 11 is 0. The maximum absolute atomic E-state index is 10.8. The first kappa shape index (κ1) is 16.2. The summed E-state index contributed by atoms with van der Waals surface area (Å²) in [6, 6.07) is 14.4. The van der Waals surface area contributed by atoms with Crippen molar-refractivity contribution in [3.05, 3.63) is 66.0 Å². The van der Waals surface area contributed by atoms with Gasteiger partial charge in [0.2, 0.25) is 0 Å². The molecule has 3 rings (SSSR count). The number of aromatic nitrogens is 1. The molecule has 0 amide bonds. The minimum Gasteiger partial charge on any atom is -0.388 e. The van der Waals surface area contributed by atoms with Gasteiger partial charge in [-0.3, -0.25) is 4.98 Å². The van der Waals surface area contributed by atoms with Crippen molar-refractivity contribution in [1.82, 2.24) is 10.3 Å². The normalized spacial score (nSPS) is 18.6. The van der Waals surface area contributed by atoms with Gasteiger partial charge in [-0.25, -0.2) is 0 Å². The second kappa shape index (κ2) is 6.81. The van der Waals surface area contributed by atoms with Gasteiger partial charge in [0.15, 0.2) is 0 Å². The molecule has 0 saturated heterocycles. The Morgan fingerprint density at radius 3 is 2.35 bits per heavy atom. The minimum absolute atomic E-state index is 0.0172. The molecule has 1 aromatic carbocycles. The number of nitrogens with one attached hydrogen (secondary N) is 1. The van der Waals surface area contributed by atoms with Gasteiger partial charge in [-0.1, -0.05) is 50.2 Å². The van der Waals surface area contributed by atoms with E-state index in [1.165, 1.54) is 5.56 Å². The van der Waals surface area contributed by atoms with E-state index in [1.54, 1.807) is 0 Å². The first-order valence-electron chi connectivity index (χ1n) is 8.49. The molecule has 3 heteroatoms. The summed E-state index contributed by atoms with van der Waals surface area (Å²) in [5, 5.41) is 14.5. The van der Waals surface area contributed by atoms with Gasteiger partial charge in [-0.2, -0.15) is 0 Å². The topological polar surface area (TPSA) is 45.1 Å². The Balaban J connectivity index is 1.69. The molecule has 0 radical (unpaired) electrons. The molecule has 2 N–H and O–H groups in total. The molecule has 1 aliphatic rings. The molecule has 1 saturated carbocycles. The maximum atomic E-state index is 10.8. The Labute approximate surface area is 138 Å². The Morgan fingerprint density at radius 2 is 1.78 bits per heavy atom. The van der Waals surface area contributed by atoms with Crippen molar-refractivity contribution in [3.63, 3.8) is 0 Å². The van der Waals surface area contributed by atoms with Crippen LogP contribution in [0.3, 0.4) is 0 Å². The van der Waals surface area contributed by atoms with E-state index in [2.05, 4.69) is 30.2 Å². The zero-order valence-electron chi connectivity index (χ0n) is 13.9. The van der Waals surface area contributed by atoms with E-state index in [1.807, 2.05) is 48.8 Å². The predicted octanol–water partition coefficient (Wildman–Crippen LogP) is 3.88. The van der Waals surface area contributed by atoms with Crippen LogP contribution in [0.15, 0.2) is 54.9 Å². The van der Waals surface area contributed by atoms with E-state index in [4.69, 9.17) is 0 Å². The van der Waals surface area contributed by atoms with Crippen LogP contribution in [-0.4, -0.2) is 16.6 Å². The average Bonchev–Trinajstić information content (AvgIpc) is 3.37. The molecular formula is C20H26N2O. The minimum atomic E-state index is -0.391. The van der Waals surface area contributed by atoms with E-state index >= 15 is 0 Å². The zero-order chi connectivity index (χ0) is 16.3. The van der Waals surface area contributed by atoms with E-state index in [-0.39, 0.29) is 11.5 Å². The average molecular weight is 310 g/mol. The van der Waals surface area contributed by atoms with Crippen LogP contribution in [0.25, 0.3) is 0 Å². The molecule has 1 aromatic heterocycles. The highest BCUT2D eigenvalue weighted by Gasteiger charge is 2.49. The second-order valence-corrected chi connectivity index (χ2v) is 7.06. The Morgan fingerprint density at radius 1 is 1.09 bits per heavy atom. The summed E-state index contributed by atoms with van der Waals surface area (Å²) in [6.45, 7) is 5.27. The quantitative estimate of drug-likeness (QED) is 0.815. The number of hydrogen-bond acceptors (Lipinski definition) is 3. The van der Waals surface area contributed by atoms with Crippen LogP contribution in [0.4, 0.5) is 0 Å². The van der Waals surface area contributed by atoms with Crippen LogP contribution >= 0.6 is 0 Å². The van der Waals surface area contributed by atoms with Crippen molar-refractivity contribution in [2.24, 2.45) is 11.3 Å². The third-order valence-electron chi connectivity index (χ3n) is 4.97. The Bertz CT molecular complexity index is 608. The van der Waals surface area contributed by atoms with E-state index in [9.17, 15) is 5.11 Å². The summed E-state index contributed by atoms with van der Waals surface area (Å²) in [5.74, 6) is 0.476. The third kappa shape index (κ3) is 3.62. The van der Waals surface area contributed by atoms with Crippen LogP contribution in [0.1, 0.15) is 50.0 Å². The number of aliphatic hydroxyl groups is 1. The number of rotatable bonds is 7. The van der Waals surface area contributed by atoms with Crippen LogP contribution in [0.2, 0.25) is 0 Å². The van der Waals surface area contributed by atoms with Crippen LogP contribution in [0.5, 0.6) is 0 Å². The molecule has 0 spiro atoms. The van der Waals surface area contributed by atoms with Crippen molar-refractivity contribution < 1.29 is 5.11 Å². The first-order chi connectivity index (χ1) is 11.1. The van der Waals surface area contributed by atoms with E-state index in [0.717, 1.165) is 24.9 Å². The van der Waals surface area contributed by atoms with Crippen molar-refractivity contribution >= 4 is 0 Å². The molecule has 0 bridgehead atoms. The third-order valence-corrected chi connectivity index (χ3v) is 4.97. The summed E-state index contributed by atoms with van der Waals surface area (Å²) in [6.07, 6.45) is 5.51. The van der Waals surface area contributed by atoms with Gasteiger partial charge in [0.05, 0.1) is 6.10 Å². The molecule has 2 atom stereocenters. The summed E-state index contributed by atoms with van der Waals surface area (Å²) in [4.78, 5) is 4.24. The molecule has 0 aliphatic heterocycles. The summed E-state index contributed by atoms with van der Waals surface area (Å²) < 4.78 is 0. The molecule has 3 nitrogen and oxygen atoms in total. The number of nitrogens with zero attached hydrogens (tertiary/aromatic N) is 1. The Hall–Kier alpha value is -1.71. The van der Waals surface area contributed by atoms with Crippen LogP contribution < -0.4 is 5.32 Å². The molecule has 2 unspecified atom stereocenters. The number of aliphatic hydroxyl groups excluding tert-OH is 1. The van der Waals surface area contributed by atoms with Crippen LogP contribution in [-0.2, 0) is 0 Å². The highest BCUT2D eigenvalue weighted by atomic mass is 16.3. The smallest absolute Gasteiger partial charge is 0.0858 e. The molecular weight excluding hydrogens is 284 g/mol. The molecule has 1 heterocycles. The van der Waals surface area contributed by atoms with E-state index < -0.39 is 6.10 Å². The monoisotopic (exact) mass is 310 g/mol. The van der Waals surface area contributed by atoms with Gasteiger partial charge in [-0.05, 0) is 36.0 Å². The van der Waals surface area contributed by atoms with Gasteiger partial charge in [0, 0.05) is 30.4 Å². The SMILES string of the molecule is CC(C)C(NCC1(C(O)c2ccccc2)CC1)c1cccnc1. The molecule has 2 aromatic rings. The van der Waals surface area contributed by atoms with Gasteiger partial charge >= 0.3 is 0 Å². The fourth-order valence-electron chi connectivity index (χ4n) is 3.31. The Kier molecular flexibility index (Phi) is 4.79. The molecule has 1 aliphatic carbocycles. The number of benzene rings is 1. The van der Waals surface area contributed by atoms with Gasteiger partial charge in [0.25, 0.3) is 0 Å². The fourth-order valence-corrected chi connectivity index (χ4v) is 3.31. The van der Waals surface area contributed by atoms with Crippen molar-refractivity contribution in [1.29, 1.82) is 0 Å². The second-order valence-electron chi connectivity index (χ2n) is 7.06. The lowest BCUT2D eigenvalue weighted by atomic mass is 9.91. The van der Waals surface area contributed by atoms with Gasteiger partial charge < -0.3 is 10.4 Å². The fraction of sp³-hybridized carbons (Fsp3) is 0.450. The van der Waals surface area contributed by atoms with Crippen molar-refractivity contribution in [2.45, 2.75) is 38.8 Å². The predicted molar refractivity (Wildman–Crippen MR) is 92.9 cm³/mol. The first-order valence-corrected chi connectivity index (χ1v) is 8.49.